The van der Waals surface area contributed by atoms with Crippen molar-refractivity contribution in [2.45, 2.75) is 0 Å². The molecule has 0 fully saturated rings. The largest absolute Gasteiger partial charge is 2.00 e. The van der Waals surface area contributed by atoms with Crippen molar-refractivity contribution in [3.05, 3.63) is 241 Å². The van der Waals surface area contributed by atoms with Crippen LogP contribution >= 0.6 is 0 Å². The summed E-state index contributed by atoms with van der Waals surface area (Å²) in [6.07, 6.45) is 23.3. The SMILES string of the molecule is N=C1C=CC=c2c([O-])c3c(c([O-])c21)=CC=CC3=N.[O-][Cl+3]([O-])([O-])[O-].[O-][Cl+3]([O-])([O-])[O-].[Ru+2].[Ru+2].c1ccc(-c2ccccn2)nc1.c1ccc(-c2ccccn2)nc1.c1ccc(-c2ccccn2)nc1.c1ccc(-c2ccccn2)nc1. The van der Waals surface area contributed by atoms with E-state index in [2.05, 4.69) is 39.9 Å². The number of fused-ring (bicyclic) bond motifs is 2. The van der Waals surface area contributed by atoms with Crippen molar-refractivity contribution in [2.24, 2.45) is 0 Å². The Balaban J connectivity index is 0.000000246. The Hall–Kier alpha value is -7.91. The fraction of sp³-hybridized carbons (Fsp3) is 0. The molecule has 11 rings (SSSR count). The Morgan fingerprint density at radius 1 is 0.295 bits per heavy atom. The van der Waals surface area contributed by atoms with E-state index in [1.54, 1.807) is 61.7 Å². The predicted octanol–water partition coefficient (Wildman–Crippen LogP) is -1.67. The summed E-state index contributed by atoms with van der Waals surface area (Å²) in [6, 6.07) is 46.4. The van der Waals surface area contributed by atoms with Gasteiger partial charge in [0.15, 0.2) is 0 Å². The van der Waals surface area contributed by atoms with E-state index in [1.807, 2.05) is 146 Å². The molecule has 2 aliphatic rings. The van der Waals surface area contributed by atoms with Crippen molar-refractivity contribution in [2.75, 3.05) is 0 Å². The third kappa shape index (κ3) is 22.7. The minimum atomic E-state index is -4.94. The van der Waals surface area contributed by atoms with Gasteiger partial charge < -0.3 is 21.0 Å². The van der Waals surface area contributed by atoms with Crippen molar-refractivity contribution in [3.63, 3.8) is 0 Å². The molecule has 24 heteroatoms. The van der Waals surface area contributed by atoms with Crippen LogP contribution in [0.5, 0.6) is 11.5 Å². The fourth-order valence-corrected chi connectivity index (χ4v) is 6.36. The Kier molecular flexibility index (Phi) is 27.5. The van der Waals surface area contributed by atoms with E-state index >= 15 is 0 Å². The maximum atomic E-state index is 12.3. The monoisotopic (exact) mass is 1260 g/mol. The van der Waals surface area contributed by atoms with Gasteiger partial charge in [0.1, 0.15) is 0 Å². The molecule has 0 unspecified atom stereocenters. The van der Waals surface area contributed by atoms with Gasteiger partial charge >= 0.3 is 39.0 Å². The summed E-state index contributed by atoms with van der Waals surface area (Å²) in [7, 11) is -9.89. The Labute approximate surface area is 476 Å². The van der Waals surface area contributed by atoms with Gasteiger partial charge in [0.25, 0.3) is 0 Å². The molecule has 396 valence electrons. The van der Waals surface area contributed by atoms with Crippen molar-refractivity contribution in [1.29, 1.82) is 10.8 Å². The van der Waals surface area contributed by atoms with Crippen LogP contribution in [0.3, 0.4) is 0 Å². The summed E-state index contributed by atoms with van der Waals surface area (Å²) in [5.41, 5.74) is 7.69. The van der Waals surface area contributed by atoms with E-state index in [-0.39, 0.29) is 83.4 Å². The van der Waals surface area contributed by atoms with Crippen LogP contribution in [-0.2, 0) is 39.0 Å². The van der Waals surface area contributed by atoms with Crippen LogP contribution in [0.1, 0.15) is 11.1 Å². The van der Waals surface area contributed by atoms with E-state index in [0.717, 1.165) is 45.6 Å². The molecule has 8 heterocycles. The van der Waals surface area contributed by atoms with Crippen molar-refractivity contribution in [1.82, 2.24) is 39.9 Å². The molecular weight excluding hydrogens is 1220 g/mol. The van der Waals surface area contributed by atoms with Gasteiger partial charge in [0.05, 0.1) is 57.0 Å². The van der Waals surface area contributed by atoms with Gasteiger partial charge in [-0.1, -0.05) is 84.3 Å². The first-order chi connectivity index (χ1) is 36.5. The van der Waals surface area contributed by atoms with Crippen LogP contribution in [0.25, 0.3) is 57.7 Å². The summed E-state index contributed by atoms with van der Waals surface area (Å²) in [4.78, 5) is 33.5. The first-order valence-corrected chi connectivity index (χ1v) is 24.3. The molecule has 0 saturated heterocycles. The van der Waals surface area contributed by atoms with Gasteiger partial charge in [-0.05, 0) is 131 Å². The molecule has 2 N–H and O–H groups in total. The predicted molar refractivity (Wildman–Crippen MR) is 255 cm³/mol. The van der Waals surface area contributed by atoms with E-state index in [4.69, 9.17) is 48.1 Å². The smallest absolute Gasteiger partial charge is 0.872 e. The molecule has 78 heavy (non-hydrogen) atoms. The number of hydrogen-bond donors (Lipinski definition) is 2. The summed E-state index contributed by atoms with van der Waals surface area (Å²) < 4.78 is 67.9. The normalized spacial score (nSPS) is 11.1. The van der Waals surface area contributed by atoms with Crippen molar-refractivity contribution < 1.29 is 107 Å². The summed E-state index contributed by atoms with van der Waals surface area (Å²) in [6.45, 7) is 0. The second kappa shape index (κ2) is 33.3. The number of halogens is 2. The molecule has 1 aromatic carbocycles. The number of pyridine rings is 8. The molecule has 9 aromatic rings. The number of benzene rings is 1. The maximum absolute atomic E-state index is 12.3. The molecule has 0 bridgehead atoms. The van der Waals surface area contributed by atoms with Crippen LogP contribution in [0.15, 0.2) is 219 Å². The zero-order valence-electron chi connectivity index (χ0n) is 40.1. The number of allylic oxidation sites excluding steroid dienone is 4. The van der Waals surface area contributed by atoms with Gasteiger partial charge in [-0.2, -0.15) is 0 Å². The molecule has 0 amide bonds. The van der Waals surface area contributed by atoms with Crippen molar-refractivity contribution >= 4 is 23.6 Å². The minimum Gasteiger partial charge on any atom is -0.872 e. The number of nitrogens with one attached hydrogen (secondary N) is 2. The maximum Gasteiger partial charge on any atom is 2.00 e. The van der Waals surface area contributed by atoms with Gasteiger partial charge in [-0.15, -0.1) is 20.5 Å². The average Bonchev–Trinajstić information content (AvgIpc) is 3.44. The summed E-state index contributed by atoms with van der Waals surface area (Å²) >= 11 is 0. The first kappa shape index (κ1) is 64.4. The van der Waals surface area contributed by atoms with Gasteiger partial charge in [0, 0.05) is 49.6 Å². The van der Waals surface area contributed by atoms with Crippen LogP contribution in [0.2, 0.25) is 0 Å². The molecule has 0 spiro atoms. The third-order valence-electron chi connectivity index (χ3n) is 9.44. The van der Waals surface area contributed by atoms with Crippen LogP contribution in [-0.4, -0.2) is 51.3 Å². The second-order valence-corrected chi connectivity index (χ2v) is 16.1. The molecule has 0 radical (unpaired) electrons. The van der Waals surface area contributed by atoms with Crippen molar-refractivity contribution in [3.8, 4) is 57.1 Å². The molecule has 2 aliphatic carbocycles. The zero-order chi connectivity index (χ0) is 54.8. The molecule has 0 aliphatic heterocycles. The van der Waals surface area contributed by atoms with Crippen LogP contribution < -0.4 is 57.9 Å². The second-order valence-electron chi connectivity index (χ2n) is 14.6. The van der Waals surface area contributed by atoms with Gasteiger partial charge in [0.2, 0.25) is 0 Å². The Morgan fingerprint density at radius 2 is 0.462 bits per heavy atom. The molecular formula is C54H40Cl2N10O10Ru2. The van der Waals surface area contributed by atoms with Crippen LogP contribution in [0, 0.1) is 31.3 Å². The number of aromatic nitrogens is 8. The molecule has 8 aromatic heterocycles. The average molecular weight is 1260 g/mol. The number of nitrogens with zero attached hydrogens (tertiary/aromatic N) is 8. The Morgan fingerprint density at radius 3 is 0.603 bits per heavy atom. The Bertz CT molecular complexity index is 2870. The standard InChI is InChI=1S/C14H10N2O2.4C10H8N2.2ClHO4.2Ru/c15-9-5-1-3-7-11(9)14(18)8-4-2-6-10(16)12(8)13(7)17;4*1-3-7-11-9(5-1)10-6-2-4-8-12-10;2*2-1(3,4)5;;/h1-6,15-18H;4*1-8H;2*(H,2,3,4,5);;/q;;;;;;;2*+2/p-4. The summed E-state index contributed by atoms with van der Waals surface area (Å²) in [5, 5.41) is 40.5. The van der Waals surface area contributed by atoms with E-state index in [9.17, 15) is 10.2 Å². The zero-order valence-corrected chi connectivity index (χ0v) is 45.1. The van der Waals surface area contributed by atoms with Gasteiger partial charge in [-0.3, -0.25) is 39.9 Å². The van der Waals surface area contributed by atoms with E-state index in [1.165, 1.54) is 24.3 Å². The molecule has 0 saturated carbocycles. The summed E-state index contributed by atoms with van der Waals surface area (Å²) in [5.74, 6) is -0.696. The molecule has 20 nitrogen and oxygen atoms in total. The minimum absolute atomic E-state index is 0. The number of rotatable bonds is 4. The van der Waals surface area contributed by atoms with Crippen LogP contribution in [0.4, 0.5) is 0 Å². The van der Waals surface area contributed by atoms with Gasteiger partial charge in [-0.25, -0.2) is 37.3 Å². The van der Waals surface area contributed by atoms with E-state index in [0.29, 0.717) is 0 Å². The first-order valence-electron chi connectivity index (χ1n) is 21.8. The molecule has 0 atom stereocenters. The van der Waals surface area contributed by atoms with E-state index < -0.39 is 20.5 Å². The topological polar surface area (TPSA) is 381 Å². The quantitative estimate of drug-likeness (QED) is 0.186. The number of hydrogen-bond acceptors (Lipinski definition) is 20. The third-order valence-corrected chi connectivity index (χ3v) is 9.44. The fourth-order valence-electron chi connectivity index (χ4n) is 6.36.